The highest BCUT2D eigenvalue weighted by atomic mass is 14.6. The summed E-state index contributed by atoms with van der Waals surface area (Å²) in [5, 5.41) is 0. The summed E-state index contributed by atoms with van der Waals surface area (Å²) in [6.07, 6.45) is 7.69. The van der Waals surface area contributed by atoms with Gasteiger partial charge in [0.25, 0.3) is 0 Å². The summed E-state index contributed by atoms with van der Waals surface area (Å²) in [4.78, 5) is 9.14. The zero-order valence-electron chi connectivity index (χ0n) is 22.8. The molecule has 0 saturated carbocycles. The van der Waals surface area contributed by atoms with E-state index in [2.05, 4.69) is 119 Å². The molecule has 0 unspecified atom stereocenters. The van der Waals surface area contributed by atoms with Crippen LogP contribution in [0.5, 0.6) is 0 Å². The molecule has 2 heteroatoms. The van der Waals surface area contributed by atoms with Crippen LogP contribution in [-0.2, 0) is 0 Å². The Bertz CT molecular complexity index is 1910. The lowest BCUT2D eigenvalue weighted by Crippen LogP contribution is -2.16. The van der Waals surface area contributed by atoms with Crippen molar-refractivity contribution in [2.75, 3.05) is 0 Å². The predicted octanol–water partition coefficient (Wildman–Crippen LogP) is 9.37. The molecule has 0 bridgehead atoms. The van der Waals surface area contributed by atoms with Crippen molar-refractivity contribution in [1.82, 2.24) is 9.97 Å². The minimum atomic E-state index is 1.12. The monoisotopic (exact) mass is 532 g/mol. The molecule has 9 rings (SSSR count). The average molecular weight is 533 g/mol. The first-order valence-electron chi connectivity index (χ1n) is 14.3. The van der Waals surface area contributed by atoms with Gasteiger partial charge in [-0.25, -0.2) is 0 Å². The maximum Gasteiger partial charge on any atom is 0.0346 e. The van der Waals surface area contributed by atoms with Gasteiger partial charge < -0.3 is 0 Å². The number of rotatable bonds is 2. The molecule has 6 aromatic rings. The summed E-state index contributed by atoms with van der Waals surface area (Å²) in [7, 11) is 0. The molecular formula is C40H24N2. The standard InChI is InChI=1S/C40H24N2/c1-5-17-31-27(13-1)28-14-2-6-18-32(28)37(31)39-35(25-11-9-21-41-23-25)36(26-12-10-22-42-24-26)40(39)38-33-19-7-3-15-29(33)30-16-4-8-20-34(30)38/h1-24H. The fraction of sp³-hybridized carbons (Fsp3) is 0. The van der Waals surface area contributed by atoms with E-state index in [0.717, 1.165) is 11.1 Å². The molecule has 2 aromatic heterocycles. The van der Waals surface area contributed by atoms with E-state index in [1.54, 1.807) is 0 Å². The molecule has 4 aromatic carbocycles. The molecule has 2 heterocycles. The van der Waals surface area contributed by atoms with Crippen LogP contribution in [0.2, 0.25) is 0 Å². The quantitative estimate of drug-likeness (QED) is 0.222. The van der Waals surface area contributed by atoms with Crippen LogP contribution < -0.4 is 0 Å². The third-order valence-corrected chi connectivity index (χ3v) is 8.77. The zero-order chi connectivity index (χ0) is 27.6. The van der Waals surface area contributed by atoms with E-state index in [9.17, 15) is 0 Å². The Kier molecular flexibility index (Phi) is 4.93. The van der Waals surface area contributed by atoms with E-state index in [0.29, 0.717) is 0 Å². The van der Waals surface area contributed by atoms with E-state index in [4.69, 9.17) is 0 Å². The summed E-state index contributed by atoms with van der Waals surface area (Å²) in [6.45, 7) is 0. The van der Waals surface area contributed by atoms with E-state index in [1.807, 2.05) is 36.9 Å². The molecule has 0 amide bonds. The number of hydrogen-bond acceptors (Lipinski definition) is 2. The largest absolute Gasteiger partial charge is 0.264 e. The van der Waals surface area contributed by atoms with Crippen molar-refractivity contribution in [2.45, 2.75) is 0 Å². The van der Waals surface area contributed by atoms with Crippen LogP contribution in [0.4, 0.5) is 0 Å². The number of nitrogens with zero attached hydrogens (tertiary/aromatic N) is 2. The maximum atomic E-state index is 4.57. The van der Waals surface area contributed by atoms with Crippen molar-refractivity contribution in [1.29, 1.82) is 0 Å². The van der Waals surface area contributed by atoms with Crippen LogP contribution in [0.25, 0.3) is 44.5 Å². The van der Waals surface area contributed by atoms with Crippen molar-refractivity contribution in [3.8, 4) is 22.3 Å². The first-order chi connectivity index (χ1) is 20.9. The molecule has 0 saturated heterocycles. The number of pyridine rings is 2. The Morgan fingerprint density at radius 2 is 0.571 bits per heavy atom. The van der Waals surface area contributed by atoms with E-state index in [-0.39, 0.29) is 0 Å². The molecular weight excluding hydrogens is 508 g/mol. The van der Waals surface area contributed by atoms with Crippen molar-refractivity contribution in [3.63, 3.8) is 0 Å². The van der Waals surface area contributed by atoms with Crippen LogP contribution in [0.3, 0.4) is 0 Å². The molecule has 0 aliphatic heterocycles. The van der Waals surface area contributed by atoms with Gasteiger partial charge in [-0.15, -0.1) is 0 Å². The average Bonchev–Trinajstić information content (AvgIpc) is 3.55. The maximum absolute atomic E-state index is 4.57. The van der Waals surface area contributed by atoms with Crippen LogP contribution in [0, 0.1) is 0 Å². The molecule has 0 N–H and O–H groups in total. The molecule has 0 atom stereocenters. The van der Waals surface area contributed by atoms with Crippen LogP contribution in [0.1, 0.15) is 33.4 Å². The molecule has 194 valence electrons. The van der Waals surface area contributed by atoms with Crippen molar-refractivity contribution in [2.24, 2.45) is 0 Å². The second-order valence-electron chi connectivity index (χ2n) is 10.9. The number of fused-ring (bicyclic) bond motifs is 6. The molecule has 0 spiro atoms. The van der Waals surface area contributed by atoms with Gasteiger partial charge >= 0.3 is 0 Å². The van der Waals surface area contributed by atoms with Gasteiger partial charge in [-0.1, -0.05) is 109 Å². The third-order valence-electron chi connectivity index (χ3n) is 8.77. The highest BCUT2D eigenvalue weighted by Crippen LogP contribution is 2.62. The van der Waals surface area contributed by atoms with Crippen LogP contribution in [0.15, 0.2) is 157 Å². The smallest absolute Gasteiger partial charge is 0.0346 e. The zero-order valence-corrected chi connectivity index (χ0v) is 22.8. The first-order valence-corrected chi connectivity index (χ1v) is 14.3. The topological polar surface area (TPSA) is 25.8 Å². The number of allylic oxidation sites excluding steroid dienone is 4. The Hall–Kier alpha value is -5.60. The summed E-state index contributed by atoms with van der Waals surface area (Å²) in [6, 6.07) is 43.8. The predicted molar refractivity (Wildman–Crippen MR) is 171 cm³/mol. The van der Waals surface area contributed by atoms with Gasteiger partial charge in [0, 0.05) is 47.1 Å². The van der Waals surface area contributed by atoms with Gasteiger partial charge in [-0.3, -0.25) is 9.97 Å². The summed E-state index contributed by atoms with van der Waals surface area (Å²) < 4.78 is 0. The van der Waals surface area contributed by atoms with E-state index < -0.39 is 0 Å². The minimum Gasteiger partial charge on any atom is -0.264 e. The summed E-state index contributed by atoms with van der Waals surface area (Å²) in [5.74, 6) is 0. The number of benzene rings is 4. The SMILES string of the molecule is c1cncc(C2=C(c3cccnc3)C(=C3c4ccccc4-c4ccccc43)C2=C2c3ccccc3-c3ccccc32)c1. The molecule has 0 fully saturated rings. The van der Waals surface area contributed by atoms with Crippen LogP contribution in [-0.4, -0.2) is 9.97 Å². The third kappa shape index (κ3) is 3.15. The fourth-order valence-corrected chi connectivity index (χ4v) is 7.11. The number of aromatic nitrogens is 2. The Balaban J connectivity index is 1.51. The van der Waals surface area contributed by atoms with Crippen molar-refractivity contribution < 1.29 is 0 Å². The second-order valence-corrected chi connectivity index (χ2v) is 10.9. The van der Waals surface area contributed by atoms with Gasteiger partial charge in [0.2, 0.25) is 0 Å². The van der Waals surface area contributed by atoms with Gasteiger partial charge in [0.15, 0.2) is 0 Å². The lowest BCUT2D eigenvalue weighted by molar-refractivity contribution is 1.28. The Morgan fingerprint density at radius 3 is 0.857 bits per heavy atom. The molecule has 42 heavy (non-hydrogen) atoms. The van der Waals surface area contributed by atoms with Crippen LogP contribution >= 0.6 is 0 Å². The van der Waals surface area contributed by atoms with Crippen molar-refractivity contribution >= 4 is 22.3 Å². The lowest BCUT2D eigenvalue weighted by Gasteiger charge is -2.36. The van der Waals surface area contributed by atoms with Gasteiger partial charge in [-0.2, -0.15) is 0 Å². The highest BCUT2D eigenvalue weighted by Gasteiger charge is 2.41. The Labute approximate surface area is 244 Å². The van der Waals surface area contributed by atoms with Gasteiger partial charge in [-0.05, 0) is 78.9 Å². The molecule has 3 aliphatic rings. The lowest BCUT2D eigenvalue weighted by atomic mass is 9.66. The Morgan fingerprint density at radius 1 is 0.262 bits per heavy atom. The molecule has 0 radical (unpaired) electrons. The second kappa shape index (κ2) is 8.95. The van der Waals surface area contributed by atoms with Gasteiger partial charge in [0.05, 0.1) is 0 Å². The van der Waals surface area contributed by atoms with E-state index in [1.165, 1.54) is 77.9 Å². The molecule has 2 nitrogen and oxygen atoms in total. The van der Waals surface area contributed by atoms with Gasteiger partial charge in [0.1, 0.15) is 0 Å². The number of hydrogen-bond donors (Lipinski definition) is 0. The highest BCUT2D eigenvalue weighted by molar-refractivity contribution is 6.29. The first kappa shape index (κ1) is 23.1. The normalized spacial score (nSPS) is 14.4. The molecule has 3 aliphatic carbocycles. The summed E-state index contributed by atoms with van der Waals surface area (Å²) in [5.41, 5.74) is 20.1. The fourth-order valence-electron chi connectivity index (χ4n) is 7.11. The van der Waals surface area contributed by atoms with Crippen molar-refractivity contribution in [3.05, 3.63) is 191 Å². The van der Waals surface area contributed by atoms with E-state index >= 15 is 0 Å². The minimum absolute atomic E-state index is 1.12. The summed E-state index contributed by atoms with van der Waals surface area (Å²) >= 11 is 0.